The highest BCUT2D eigenvalue weighted by Gasteiger charge is 2.42. The van der Waals surface area contributed by atoms with E-state index in [9.17, 15) is 13.6 Å². The number of nitrogens with one attached hydrogen (secondary N) is 2. The first kappa shape index (κ1) is 18.7. The van der Waals surface area contributed by atoms with Gasteiger partial charge in [0, 0.05) is 30.7 Å². The summed E-state index contributed by atoms with van der Waals surface area (Å²) in [6, 6.07) is 13.2. The first-order chi connectivity index (χ1) is 14.4. The Balaban J connectivity index is 1.34. The van der Waals surface area contributed by atoms with Crippen molar-refractivity contribution in [1.29, 1.82) is 0 Å². The van der Waals surface area contributed by atoms with Crippen LogP contribution in [0.3, 0.4) is 0 Å². The van der Waals surface area contributed by atoms with Crippen molar-refractivity contribution >= 4 is 17.4 Å². The lowest BCUT2D eigenvalue weighted by atomic mass is 9.82. The zero-order chi connectivity index (χ0) is 20.9. The summed E-state index contributed by atoms with van der Waals surface area (Å²) in [5, 5.41) is 6.33. The van der Waals surface area contributed by atoms with Gasteiger partial charge in [0.2, 0.25) is 0 Å². The Morgan fingerprint density at radius 1 is 1.10 bits per heavy atom. The van der Waals surface area contributed by atoms with E-state index in [0.717, 1.165) is 17.1 Å². The molecule has 0 bridgehead atoms. The predicted octanol–water partition coefficient (Wildman–Crippen LogP) is 5.01. The second-order valence-corrected chi connectivity index (χ2v) is 8.01. The molecule has 30 heavy (non-hydrogen) atoms. The second-order valence-electron chi connectivity index (χ2n) is 8.01. The molecule has 0 radical (unpaired) electrons. The molecule has 7 heteroatoms. The number of hydrogen-bond donors (Lipinski definition) is 2. The van der Waals surface area contributed by atoms with Crippen LogP contribution in [-0.4, -0.2) is 28.6 Å². The summed E-state index contributed by atoms with van der Waals surface area (Å²) in [6.07, 6.45) is 3.35. The molecule has 0 saturated carbocycles. The van der Waals surface area contributed by atoms with Crippen LogP contribution in [-0.2, 0) is 5.54 Å². The lowest BCUT2D eigenvalue weighted by Gasteiger charge is -2.46. The maximum absolute atomic E-state index is 13.8. The van der Waals surface area contributed by atoms with Gasteiger partial charge in [0.15, 0.2) is 0 Å². The molecule has 1 saturated heterocycles. The number of benzene rings is 2. The molecule has 2 aliphatic rings. The molecule has 3 heterocycles. The van der Waals surface area contributed by atoms with Gasteiger partial charge in [-0.05, 0) is 67.8 Å². The number of hydrogen-bond acceptors (Lipinski definition) is 2. The number of carbonyl (C=O) groups is 1. The molecule has 2 N–H and O–H groups in total. The lowest BCUT2D eigenvalue weighted by Crippen LogP contribution is -2.51. The Hall–Kier alpha value is -3.35. The number of halogens is 2. The number of urea groups is 1. The molecule has 2 aliphatic heterocycles. The number of fused-ring (bicyclic) bond motifs is 4. The number of rotatable bonds is 1. The van der Waals surface area contributed by atoms with Crippen molar-refractivity contribution in [3.05, 3.63) is 77.6 Å². The summed E-state index contributed by atoms with van der Waals surface area (Å²) in [5.74, 6) is -0.627. The number of piperidine rings is 1. The normalized spacial score (nSPS) is 16.6. The number of amides is 2. The monoisotopic (exact) mass is 408 g/mol. The van der Waals surface area contributed by atoms with E-state index in [2.05, 4.69) is 21.3 Å². The van der Waals surface area contributed by atoms with Crippen molar-refractivity contribution in [2.24, 2.45) is 0 Å². The zero-order valence-electron chi connectivity index (χ0n) is 16.6. The van der Waals surface area contributed by atoms with Crippen molar-refractivity contribution in [2.45, 2.75) is 25.3 Å². The molecule has 5 nitrogen and oxygen atoms in total. The largest absolute Gasteiger partial charge is 0.372 e. The number of carbonyl (C=O) groups excluding carboxylic acids is 1. The maximum atomic E-state index is 13.8. The molecule has 1 fully saturated rings. The van der Waals surface area contributed by atoms with Gasteiger partial charge in [-0.3, -0.25) is 0 Å². The van der Waals surface area contributed by atoms with Crippen LogP contribution < -0.4 is 10.6 Å². The molecule has 5 rings (SSSR count). The highest BCUT2D eigenvalue weighted by molar-refractivity contribution is 5.89. The first-order valence-electron chi connectivity index (χ1n) is 10.0. The Morgan fingerprint density at radius 2 is 1.90 bits per heavy atom. The van der Waals surface area contributed by atoms with Crippen LogP contribution in [0.15, 0.2) is 54.7 Å². The Morgan fingerprint density at radius 3 is 2.67 bits per heavy atom. The van der Waals surface area contributed by atoms with Gasteiger partial charge in [0.05, 0.1) is 16.9 Å². The molecule has 1 spiro atoms. The fourth-order valence-electron chi connectivity index (χ4n) is 4.47. The van der Waals surface area contributed by atoms with E-state index in [1.54, 1.807) is 30.0 Å². The predicted molar refractivity (Wildman–Crippen MR) is 112 cm³/mol. The minimum absolute atomic E-state index is 0.245. The summed E-state index contributed by atoms with van der Waals surface area (Å²) < 4.78 is 29.7. The second kappa shape index (κ2) is 6.86. The third-order valence-corrected chi connectivity index (χ3v) is 6.16. The average molecular weight is 408 g/mol. The van der Waals surface area contributed by atoms with Crippen LogP contribution in [0.5, 0.6) is 0 Å². The molecule has 1 aromatic heterocycles. The van der Waals surface area contributed by atoms with Crippen molar-refractivity contribution < 1.29 is 13.6 Å². The topological polar surface area (TPSA) is 49.3 Å². The van der Waals surface area contributed by atoms with E-state index in [1.165, 1.54) is 18.2 Å². The molecule has 3 aromatic rings. The van der Waals surface area contributed by atoms with E-state index in [0.29, 0.717) is 37.2 Å². The first-order valence-corrected chi connectivity index (χ1v) is 10.0. The van der Waals surface area contributed by atoms with Gasteiger partial charge < -0.3 is 20.1 Å². The molecule has 0 atom stereocenters. The number of aromatic nitrogens is 1. The van der Waals surface area contributed by atoms with Crippen molar-refractivity contribution in [1.82, 2.24) is 9.47 Å². The number of anilines is 2. The van der Waals surface area contributed by atoms with E-state index >= 15 is 0 Å². The molecule has 154 valence electrons. The van der Waals surface area contributed by atoms with Gasteiger partial charge >= 0.3 is 6.03 Å². The number of likely N-dealkylation sites (tertiary alicyclic amines) is 1. The standard InChI is InChI=1S/C23H22F2N4O/c1-15-4-6-17(14-18(15)25)26-22(30)28-11-8-23(9-12-28)21-3-2-10-29(21)20-7-5-16(24)13-19(20)27-23/h2-7,10,13-14,27H,8-9,11-12H2,1H3,(H,26,30). The summed E-state index contributed by atoms with van der Waals surface area (Å²) >= 11 is 0. The summed E-state index contributed by atoms with van der Waals surface area (Å²) in [7, 11) is 0. The SMILES string of the molecule is Cc1ccc(NC(=O)N2CCC3(CC2)Nc2cc(F)ccc2-n2cccc23)cc1F. The molecule has 0 unspecified atom stereocenters. The molecule has 2 aromatic carbocycles. The summed E-state index contributed by atoms with van der Waals surface area (Å²) in [5.41, 5.74) is 3.41. The van der Waals surface area contributed by atoms with Crippen LogP contribution in [0.25, 0.3) is 5.69 Å². The van der Waals surface area contributed by atoms with Crippen molar-refractivity contribution in [2.75, 3.05) is 23.7 Å². The van der Waals surface area contributed by atoms with Crippen molar-refractivity contribution in [3.8, 4) is 5.69 Å². The zero-order valence-corrected chi connectivity index (χ0v) is 16.6. The van der Waals surface area contributed by atoms with Crippen LogP contribution >= 0.6 is 0 Å². The smallest absolute Gasteiger partial charge is 0.321 e. The molecular formula is C23H22F2N4O. The summed E-state index contributed by atoms with van der Waals surface area (Å²) in [6.45, 7) is 2.74. The van der Waals surface area contributed by atoms with Gasteiger partial charge in [-0.2, -0.15) is 0 Å². The van der Waals surface area contributed by atoms with E-state index < -0.39 is 0 Å². The van der Waals surface area contributed by atoms with Gasteiger partial charge in [0.25, 0.3) is 0 Å². The van der Waals surface area contributed by atoms with E-state index in [1.807, 2.05) is 12.3 Å². The third kappa shape index (κ3) is 3.01. The van der Waals surface area contributed by atoms with Gasteiger partial charge in [-0.15, -0.1) is 0 Å². The minimum atomic E-state index is -0.364. The Kier molecular flexibility index (Phi) is 4.27. The van der Waals surface area contributed by atoms with E-state index in [-0.39, 0.29) is 23.2 Å². The highest BCUT2D eigenvalue weighted by atomic mass is 19.1. The Bertz CT molecular complexity index is 1130. The number of aryl methyl sites for hydroxylation is 1. The van der Waals surface area contributed by atoms with Crippen LogP contribution in [0.2, 0.25) is 0 Å². The van der Waals surface area contributed by atoms with Gasteiger partial charge in [0.1, 0.15) is 11.6 Å². The van der Waals surface area contributed by atoms with Gasteiger partial charge in [-0.1, -0.05) is 6.07 Å². The highest BCUT2D eigenvalue weighted by Crippen LogP contribution is 2.43. The van der Waals surface area contributed by atoms with E-state index in [4.69, 9.17) is 0 Å². The average Bonchev–Trinajstić information content (AvgIpc) is 3.22. The number of nitrogens with zero attached hydrogens (tertiary/aromatic N) is 2. The van der Waals surface area contributed by atoms with Crippen LogP contribution in [0, 0.1) is 18.6 Å². The minimum Gasteiger partial charge on any atom is -0.372 e. The third-order valence-electron chi connectivity index (χ3n) is 6.16. The molecular weight excluding hydrogens is 386 g/mol. The van der Waals surface area contributed by atoms with Crippen LogP contribution in [0.4, 0.5) is 25.0 Å². The van der Waals surface area contributed by atoms with Gasteiger partial charge in [-0.25, -0.2) is 13.6 Å². The molecule has 0 aliphatic carbocycles. The summed E-state index contributed by atoms with van der Waals surface area (Å²) in [4.78, 5) is 14.4. The molecule has 2 amide bonds. The lowest BCUT2D eigenvalue weighted by molar-refractivity contribution is 0.174. The maximum Gasteiger partial charge on any atom is 0.321 e. The van der Waals surface area contributed by atoms with Crippen molar-refractivity contribution in [3.63, 3.8) is 0 Å². The van der Waals surface area contributed by atoms with Crippen LogP contribution in [0.1, 0.15) is 24.1 Å². The quantitative estimate of drug-likeness (QED) is 0.595. The fourth-order valence-corrected chi connectivity index (χ4v) is 4.47. The Labute approximate surface area is 173 Å². The fraction of sp³-hybridized carbons (Fsp3) is 0.261.